The molecule has 0 aromatic carbocycles. The lowest BCUT2D eigenvalue weighted by Crippen LogP contribution is -2.18. The highest BCUT2D eigenvalue weighted by atomic mass is 19.4. The number of pyridine rings is 1. The zero-order valence-corrected chi connectivity index (χ0v) is 7.69. The highest BCUT2D eigenvalue weighted by Gasteiger charge is 2.33. The molecule has 0 saturated carbocycles. The van der Waals surface area contributed by atoms with Crippen LogP contribution in [0.3, 0.4) is 0 Å². The van der Waals surface area contributed by atoms with Crippen molar-refractivity contribution in [1.82, 2.24) is 4.98 Å². The van der Waals surface area contributed by atoms with Gasteiger partial charge in [-0.05, 0) is 0 Å². The first-order valence-corrected chi connectivity index (χ1v) is 3.80. The molecule has 0 fully saturated rings. The summed E-state index contributed by atoms with van der Waals surface area (Å²) in [6.45, 7) is 0. The van der Waals surface area contributed by atoms with Gasteiger partial charge in [-0.3, -0.25) is 14.9 Å². The third kappa shape index (κ3) is 3.09. The Balaban J connectivity index is 3.27. The maximum absolute atomic E-state index is 13.0. The van der Waals surface area contributed by atoms with Crippen LogP contribution in [0.5, 0.6) is 5.88 Å². The van der Waals surface area contributed by atoms with Crippen LogP contribution in [0.25, 0.3) is 0 Å². The molecule has 0 radical (unpaired) electrons. The van der Waals surface area contributed by atoms with Crippen LogP contribution in [0.4, 0.5) is 23.2 Å². The zero-order valence-electron chi connectivity index (χ0n) is 7.69. The van der Waals surface area contributed by atoms with Crippen molar-refractivity contribution in [3.8, 4) is 5.88 Å². The predicted octanol–water partition coefficient (Wildman–Crippen LogP) is 1.84. The van der Waals surface area contributed by atoms with Crippen molar-refractivity contribution in [2.24, 2.45) is 0 Å². The Bertz CT molecular complexity index is 474. The summed E-state index contributed by atoms with van der Waals surface area (Å²) in [5.74, 6) is -3.12. The summed E-state index contributed by atoms with van der Waals surface area (Å²) in [5.41, 5.74) is -2.21. The molecule has 1 aromatic rings. The minimum Gasteiger partial charge on any atom is -0.388 e. The van der Waals surface area contributed by atoms with Gasteiger partial charge in [-0.1, -0.05) is 0 Å². The van der Waals surface area contributed by atoms with Gasteiger partial charge in [0.2, 0.25) is 5.88 Å². The van der Waals surface area contributed by atoms with Crippen LogP contribution >= 0.6 is 0 Å². The number of nitro groups is 1. The molecule has 1 rings (SSSR count). The van der Waals surface area contributed by atoms with Crippen molar-refractivity contribution >= 4 is 12.0 Å². The van der Waals surface area contributed by atoms with Gasteiger partial charge in [0.1, 0.15) is 5.56 Å². The highest BCUT2D eigenvalue weighted by Crippen LogP contribution is 2.27. The summed E-state index contributed by atoms with van der Waals surface area (Å²) in [6, 6.07) is 0.321. The molecule has 0 aliphatic carbocycles. The van der Waals surface area contributed by atoms with Crippen LogP contribution in [0, 0.1) is 16.1 Å². The lowest BCUT2D eigenvalue weighted by atomic mass is 10.2. The molecule has 0 saturated heterocycles. The number of carbonyl (C=O) groups is 1. The van der Waals surface area contributed by atoms with Gasteiger partial charge in [0.05, 0.1) is 4.92 Å². The van der Waals surface area contributed by atoms with E-state index in [1.54, 1.807) is 0 Å². The largest absolute Gasteiger partial charge is 0.574 e. The van der Waals surface area contributed by atoms with Crippen molar-refractivity contribution < 1.29 is 32.0 Å². The van der Waals surface area contributed by atoms with Gasteiger partial charge in [-0.25, -0.2) is 0 Å². The first-order chi connectivity index (χ1) is 7.74. The lowest BCUT2D eigenvalue weighted by molar-refractivity contribution is -0.388. The third-order valence-corrected chi connectivity index (χ3v) is 1.49. The number of ether oxygens (including phenoxy) is 1. The van der Waals surface area contributed by atoms with Crippen LogP contribution in [0.15, 0.2) is 6.07 Å². The second kappa shape index (κ2) is 4.31. The van der Waals surface area contributed by atoms with Crippen molar-refractivity contribution in [3.63, 3.8) is 0 Å². The summed E-state index contributed by atoms with van der Waals surface area (Å²) >= 11 is 0. The molecule has 0 bridgehead atoms. The van der Waals surface area contributed by atoms with Crippen LogP contribution < -0.4 is 4.74 Å². The highest BCUT2D eigenvalue weighted by molar-refractivity contribution is 5.81. The monoisotopic (exact) mass is 254 g/mol. The average Bonchev–Trinajstić information content (AvgIpc) is 2.12. The summed E-state index contributed by atoms with van der Waals surface area (Å²) in [5, 5.41) is 10.3. The Morgan fingerprint density at radius 3 is 2.47 bits per heavy atom. The van der Waals surface area contributed by atoms with E-state index in [2.05, 4.69) is 9.72 Å². The first-order valence-electron chi connectivity index (χ1n) is 3.80. The van der Waals surface area contributed by atoms with E-state index in [0.717, 1.165) is 0 Å². The maximum atomic E-state index is 13.0. The molecule has 0 unspecified atom stereocenters. The summed E-state index contributed by atoms with van der Waals surface area (Å²) < 4.78 is 51.5. The average molecular weight is 254 g/mol. The normalized spacial score (nSPS) is 11.1. The second-order valence-corrected chi connectivity index (χ2v) is 2.61. The Labute approximate surface area is 90.0 Å². The topological polar surface area (TPSA) is 82.3 Å². The second-order valence-electron chi connectivity index (χ2n) is 2.61. The Morgan fingerprint density at radius 2 is 2.06 bits per heavy atom. The molecular weight excluding hydrogens is 252 g/mol. The fourth-order valence-electron chi connectivity index (χ4n) is 0.944. The maximum Gasteiger partial charge on any atom is 0.574 e. The van der Waals surface area contributed by atoms with Crippen LogP contribution in [-0.4, -0.2) is 22.6 Å². The van der Waals surface area contributed by atoms with Gasteiger partial charge >= 0.3 is 12.0 Å². The molecule has 0 amide bonds. The molecule has 1 heterocycles. The Hall–Kier alpha value is -2.26. The smallest absolute Gasteiger partial charge is 0.388 e. The van der Waals surface area contributed by atoms with E-state index < -0.39 is 34.4 Å². The standard InChI is InChI=1S/C7H2F4N2O4/c8-6-5(13(15)16)3(2-14)1-4(12-6)17-7(9,10)11/h1-2H. The minimum absolute atomic E-state index is 0.174. The van der Waals surface area contributed by atoms with Crippen LogP contribution in [-0.2, 0) is 0 Å². The molecule has 92 valence electrons. The van der Waals surface area contributed by atoms with E-state index >= 15 is 0 Å². The summed E-state index contributed by atoms with van der Waals surface area (Å²) in [6.07, 6.45) is -5.32. The number of aromatic nitrogens is 1. The molecule has 0 spiro atoms. The van der Waals surface area contributed by atoms with Gasteiger partial charge in [0, 0.05) is 6.07 Å². The molecule has 0 aliphatic rings. The molecule has 6 nitrogen and oxygen atoms in total. The van der Waals surface area contributed by atoms with E-state index in [9.17, 15) is 32.5 Å². The Kier molecular flexibility index (Phi) is 3.25. The van der Waals surface area contributed by atoms with E-state index in [1.165, 1.54) is 0 Å². The number of hydrogen-bond donors (Lipinski definition) is 0. The summed E-state index contributed by atoms with van der Waals surface area (Å²) in [7, 11) is 0. The quantitative estimate of drug-likeness (QED) is 0.270. The van der Waals surface area contributed by atoms with Crippen LogP contribution in [0.1, 0.15) is 10.4 Å². The van der Waals surface area contributed by atoms with Gasteiger partial charge < -0.3 is 4.74 Å². The van der Waals surface area contributed by atoms with E-state index in [0.29, 0.717) is 6.07 Å². The molecular formula is C7H2F4N2O4. The molecule has 0 atom stereocenters. The lowest BCUT2D eigenvalue weighted by Gasteiger charge is -2.08. The van der Waals surface area contributed by atoms with Crippen molar-refractivity contribution in [2.45, 2.75) is 6.36 Å². The van der Waals surface area contributed by atoms with Crippen molar-refractivity contribution in [3.05, 3.63) is 27.7 Å². The van der Waals surface area contributed by atoms with Gasteiger partial charge in [-0.2, -0.15) is 9.37 Å². The number of carbonyl (C=O) groups excluding carboxylic acids is 1. The molecule has 1 aromatic heterocycles. The van der Waals surface area contributed by atoms with E-state index in [4.69, 9.17) is 0 Å². The molecule has 0 N–H and O–H groups in total. The zero-order chi connectivity index (χ0) is 13.2. The molecule has 10 heteroatoms. The van der Waals surface area contributed by atoms with Gasteiger partial charge in [0.15, 0.2) is 6.29 Å². The van der Waals surface area contributed by atoms with Gasteiger partial charge in [0.25, 0.3) is 5.95 Å². The van der Waals surface area contributed by atoms with Crippen molar-refractivity contribution in [2.75, 3.05) is 0 Å². The van der Waals surface area contributed by atoms with E-state index in [-0.39, 0.29) is 6.29 Å². The van der Waals surface area contributed by atoms with E-state index in [1.807, 2.05) is 0 Å². The predicted molar refractivity (Wildman–Crippen MR) is 42.9 cm³/mol. The van der Waals surface area contributed by atoms with Gasteiger partial charge in [-0.15, -0.1) is 13.2 Å². The summed E-state index contributed by atoms with van der Waals surface area (Å²) in [4.78, 5) is 22.0. The number of halogens is 4. The SMILES string of the molecule is O=Cc1cc(OC(F)(F)F)nc(F)c1[N+](=O)[O-]. The molecule has 17 heavy (non-hydrogen) atoms. The Morgan fingerprint density at radius 1 is 1.47 bits per heavy atom. The number of aldehydes is 1. The first kappa shape index (κ1) is 12.8. The number of nitrogens with zero attached hydrogens (tertiary/aromatic N) is 2. The number of rotatable bonds is 3. The fourth-order valence-corrected chi connectivity index (χ4v) is 0.944. The minimum atomic E-state index is -5.14. The fraction of sp³-hybridized carbons (Fsp3) is 0.143. The molecule has 0 aliphatic heterocycles. The third-order valence-electron chi connectivity index (χ3n) is 1.49. The van der Waals surface area contributed by atoms with Crippen molar-refractivity contribution in [1.29, 1.82) is 0 Å². The number of hydrogen-bond acceptors (Lipinski definition) is 5. The van der Waals surface area contributed by atoms with Crippen LogP contribution in [0.2, 0.25) is 0 Å². The number of alkyl halides is 3.